The summed E-state index contributed by atoms with van der Waals surface area (Å²) >= 11 is 0. The second-order valence-electron chi connectivity index (χ2n) is 8.72. The van der Waals surface area contributed by atoms with Crippen molar-refractivity contribution in [3.63, 3.8) is 0 Å². The molecule has 158 valence electrons. The van der Waals surface area contributed by atoms with Crippen molar-refractivity contribution in [2.24, 2.45) is 5.41 Å². The van der Waals surface area contributed by atoms with Crippen molar-refractivity contribution in [3.8, 4) is 0 Å². The molecule has 1 amide bonds. The molecule has 6 nitrogen and oxygen atoms in total. The molecule has 1 aromatic carbocycles. The fourth-order valence-corrected chi connectivity index (χ4v) is 3.23. The fraction of sp³-hybridized carbons (Fsp3) is 0.381. The monoisotopic (exact) mass is 418 g/mol. The van der Waals surface area contributed by atoms with Crippen LogP contribution in [0, 0.1) is 22.9 Å². The van der Waals surface area contributed by atoms with Crippen LogP contribution in [0.3, 0.4) is 0 Å². The molecule has 0 aliphatic heterocycles. The van der Waals surface area contributed by atoms with Crippen LogP contribution in [0.4, 0.5) is 18.9 Å². The van der Waals surface area contributed by atoms with Crippen molar-refractivity contribution < 1.29 is 22.5 Å². The van der Waals surface area contributed by atoms with Gasteiger partial charge in [0.15, 0.2) is 17.5 Å². The van der Waals surface area contributed by atoms with Crippen molar-refractivity contribution in [3.05, 3.63) is 52.6 Å². The summed E-state index contributed by atoms with van der Waals surface area (Å²) < 4.78 is 45.8. The Bertz CT molecular complexity index is 1130. The summed E-state index contributed by atoms with van der Waals surface area (Å²) in [6.45, 7) is 6.10. The maximum absolute atomic E-state index is 13.9. The molecular formula is C21H21F3N4O2. The Morgan fingerprint density at radius 3 is 2.60 bits per heavy atom. The molecule has 0 saturated heterocycles. The Balaban J connectivity index is 1.68. The van der Waals surface area contributed by atoms with Gasteiger partial charge in [0.2, 0.25) is 0 Å². The summed E-state index contributed by atoms with van der Waals surface area (Å²) in [5, 5.41) is 4.59. The number of hydrogen-bond donors (Lipinski definition) is 2. The molecule has 1 fully saturated rings. The lowest BCUT2D eigenvalue weighted by molar-refractivity contribution is 0.0964. The number of pyridine rings is 1. The second kappa shape index (κ2) is 7.30. The third kappa shape index (κ3) is 3.96. The van der Waals surface area contributed by atoms with Gasteiger partial charge < -0.3 is 4.52 Å². The van der Waals surface area contributed by atoms with Gasteiger partial charge >= 0.3 is 0 Å². The zero-order chi connectivity index (χ0) is 21.6. The molecule has 1 aliphatic rings. The number of fused-ring (bicyclic) bond motifs is 1. The van der Waals surface area contributed by atoms with Gasteiger partial charge in [-0.3, -0.25) is 15.6 Å². The fourth-order valence-electron chi connectivity index (χ4n) is 3.23. The quantitative estimate of drug-likeness (QED) is 0.457. The summed E-state index contributed by atoms with van der Waals surface area (Å²) in [7, 11) is 0. The largest absolute Gasteiger partial charge is 0.336 e. The molecule has 0 bridgehead atoms. The van der Waals surface area contributed by atoms with Crippen LogP contribution < -0.4 is 10.9 Å². The van der Waals surface area contributed by atoms with Gasteiger partial charge in [-0.05, 0) is 42.9 Å². The zero-order valence-corrected chi connectivity index (χ0v) is 16.8. The van der Waals surface area contributed by atoms with E-state index in [-0.39, 0.29) is 22.6 Å². The third-order valence-electron chi connectivity index (χ3n) is 4.82. The van der Waals surface area contributed by atoms with E-state index in [1.807, 2.05) is 20.8 Å². The SMILES string of the molecule is CC(C)(C)Cc1noc2nc(C3CC3)cc(C(=O)NNc3ccc(F)c(F)c3F)c12. The second-order valence-corrected chi connectivity index (χ2v) is 8.72. The first kappa shape index (κ1) is 20.2. The summed E-state index contributed by atoms with van der Waals surface area (Å²) in [4.78, 5) is 17.4. The van der Waals surface area contributed by atoms with Gasteiger partial charge in [0, 0.05) is 11.6 Å². The van der Waals surface area contributed by atoms with Crippen LogP contribution in [0.1, 0.15) is 61.3 Å². The number of hydrogen-bond acceptors (Lipinski definition) is 5. The number of aromatic nitrogens is 2. The first-order chi connectivity index (χ1) is 14.1. The lowest BCUT2D eigenvalue weighted by Gasteiger charge is -2.16. The molecule has 1 aliphatic carbocycles. The average molecular weight is 418 g/mol. The van der Waals surface area contributed by atoms with Crippen LogP contribution in [0.2, 0.25) is 0 Å². The smallest absolute Gasteiger partial charge is 0.270 e. The highest BCUT2D eigenvalue weighted by molar-refractivity contribution is 6.06. The van der Waals surface area contributed by atoms with Gasteiger partial charge in [0.1, 0.15) is 0 Å². The third-order valence-corrected chi connectivity index (χ3v) is 4.82. The van der Waals surface area contributed by atoms with Crippen LogP contribution >= 0.6 is 0 Å². The Labute approximate surface area is 170 Å². The summed E-state index contributed by atoms with van der Waals surface area (Å²) in [5.41, 5.74) is 6.02. The van der Waals surface area contributed by atoms with Gasteiger partial charge in [-0.25, -0.2) is 18.2 Å². The van der Waals surface area contributed by atoms with Gasteiger partial charge in [-0.1, -0.05) is 25.9 Å². The van der Waals surface area contributed by atoms with E-state index < -0.39 is 29.0 Å². The van der Waals surface area contributed by atoms with Crippen LogP contribution in [-0.2, 0) is 6.42 Å². The molecule has 3 aromatic rings. The molecule has 4 rings (SSSR count). The number of nitrogens with zero attached hydrogens (tertiary/aromatic N) is 2. The first-order valence-corrected chi connectivity index (χ1v) is 9.63. The Kier molecular flexibility index (Phi) is 4.91. The van der Waals surface area contributed by atoms with E-state index in [2.05, 4.69) is 21.0 Å². The Morgan fingerprint density at radius 2 is 1.93 bits per heavy atom. The summed E-state index contributed by atoms with van der Waals surface area (Å²) in [5.74, 6) is -4.69. The van der Waals surface area contributed by atoms with E-state index in [4.69, 9.17) is 4.52 Å². The number of halogens is 3. The molecule has 9 heteroatoms. The van der Waals surface area contributed by atoms with E-state index in [9.17, 15) is 18.0 Å². The molecule has 0 atom stereocenters. The minimum absolute atomic E-state index is 0.111. The van der Waals surface area contributed by atoms with E-state index in [0.29, 0.717) is 17.5 Å². The highest BCUT2D eigenvalue weighted by atomic mass is 19.2. The normalized spacial score (nSPS) is 14.2. The lowest BCUT2D eigenvalue weighted by Crippen LogP contribution is -2.30. The Morgan fingerprint density at radius 1 is 1.20 bits per heavy atom. The molecule has 30 heavy (non-hydrogen) atoms. The Hall–Kier alpha value is -3.10. The highest BCUT2D eigenvalue weighted by Gasteiger charge is 2.30. The molecule has 0 spiro atoms. The van der Waals surface area contributed by atoms with Gasteiger partial charge in [0.05, 0.1) is 22.3 Å². The number of carbonyl (C=O) groups excluding carboxylic acids is 1. The minimum atomic E-state index is -1.62. The average Bonchev–Trinajstić information content (AvgIpc) is 3.46. The van der Waals surface area contributed by atoms with Crippen LogP contribution in [0.5, 0.6) is 0 Å². The predicted octanol–water partition coefficient (Wildman–Crippen LogP) is 4.86. The summed E-state index contributed by atoms with van der Waals surface area (Å²) in [6.07, 6.45) is 2.50. The number of rotatable bonds is 5. The van der Waals surface area contributed by atoms with Gasteiger partial charge in [-0.2, -0.15) is 0 Å². The van der Waals surface area contributed by atoms with Crippen molar-refractivity contribution in [1.82, 2.24) is 15.6 Å². The maximum atomic E-state index is 13.9. The molecule has 0 radical (unpaired) electrons. The number of benzene rings is 1. The van der Waals surface area contributed by atoms with Crippen molar-refractivity contribution in [2.45, 2.75) is 46.0 Å². The number of nitrogens with one attached hydrogen (secondary N) is 2. The highest BCUT2D eigenvalue weighted by Crippen LogP contribution is 2.41. The molecule has 1 saturated carbocycles. The van der Waals surface area contributed by atoms with Crippen molar-refractivity contribution in [2.75, 3.05) is 5.43 Å². The number of hydrazine groups is 1. The van der Waals surface area contributed by atoms with E-state index in [1.165, 1.54) is 0 Å². The van der Waals surface area contributed by atoms with Crippen LogP contribution in [0.15, 0.2) is 22.7 Å². The first-order valence-electron chi connectivity index (χ1n) is 9.63. The van der Waals surface area contributed by atoms with Crippen molar-refractivity contribution >= 4 is 22.7 Å². The topological polar surface area (TPSA) is 80.0 Å². The van der Waals surface area contributed by atoms with Crippen molar-refractivity contribution in [1.29, 1.82) is 0 Å². The number of amides is 1. The molecule has 2 N–H and O–H groups in total. The summed E-state index contributed by atoms with van der Waals surface area (Å²) in [6, 6.07) is 3.45. The van der Waals surface area contributed by atoms with Gasteiger partial charge in [0.25, 0.3) is 11.6 Å². The van der Waals surface area contributed by atoms with E-state index in [1.54, 1.807) is 6.07 Å². The number of anilines is 1. The predicted molar refractivity (Wildman–Crippen MR) is 104 cm³/mol. The molecule has 0 unspecified atom stereocenters. The van der Waals surface area contributed by atoms with E-state index in [0.717, 1.165) is 30.7 Å². The van der Waals surface area contributed by atoms with Crippen LogP contribution in [-0.4, -0.2) is 16.0 Å². The number of carbonyl (C=O) groups is 1. The van der Waals surface area contributed by atoms with Crippen LogP contribution in [0.25, 0.3) is 11.1 Å². The van der Waals surface area contributed by atoms with Gasteiger partial charge in [-0.15, -0.1) is 0 Å². The molecule has 2 aromatic heterocycles. The maximum Gasteiger partial charge on any atom is 0.270 e. The zero-order valence-electron chi connectivity index (χ0n) is 16.8. The molecule has 2 heterocycles. The standard InChI is InChI=1S/C21H21F3N4O2/c1-21(2,3)9-15-16-11(8-14(10-4-5-10)25-20(16)30-28-15)19(29)27-26-13-7-6-12(22)17(23)18(13)24/h6-8,10,26H,4-5,9H2,1-3H3,(H,27,29). The molecular weight excluding hydrogens is 397 g/mol. The lowest BCUT2D eigenvalue weighted by atomic mass is 9.89. The van der Waals surface area contributed by atoms with E-state index >= 15 is 0 Å². The minimum Gasteiger partial charge on any atom is -0.336 e.